The average molecular weight is 348 g/mol. The van der Waals surface area contributed by atoms with Gasteiger partial charge in [-0.2, -0.15) is 0 Å². The van der Waals surface area contributed by atoms with Crippen LogP contribution in [-0.2, 0) is 4.79 Å². The van der Waals surface area contributed by atoms with E-state index in [9.17, 15) is 9.90 Å². The first-order valence-electron chi connectivity index (χ1n) is 6.15. The van der Waals surface area contributed by atoms with Crippen LogP contribution >= 0.6 is 15.9 Å². The van der Waals surface area contributed by atoms with Gasteiger partial charge >= 0.3 is 5.97 Å². The standard InChI is InChI=1S/C16H14BrNO3/c1-21-15-7-4-12(17)8-11(15)9-14(16(19)20)10-2-5-13(18)6-3-10/h2-9H,18H2,1H3,(H,19,20)/b14-9-. The molecule has 0 aliphatic rings. The van der Waals surface area contributed by atoms with Crippen LogP contribution in [-0.4, -0.2) is 18.2 Å². The van der Waals surface area contributed by atoms with Crippen LogP contribution in [0, 0.1) is 0 Å². The lowest BCUT2D eigenvalue weighted by Gasteiger charge is -2.08. The second-order valence-electron chi connectivity index (χ2n) is 4.37. The van der Waals surface area contributed by atoms with E-state index < -0.39 is 5.97 Å². The third-order valence-corrected chi connectivity index (χ3v) is 3.44. The second kappa shape index (κ2) is 6.45. The Morgan fingerprint density at radius 3 is 2.48 bits per heavy atom. The highest BCUT2D eigenvalue weighted by Gasteiger charge is 2.12. The molecule has 0 radical (unpaired) electrons. The molecular formula is C16H14BrNO3. The molecule has 21 heavy (non-hydrogen) atoms. The summed E-state index contributed by atoms with van der Waals surface area (Å²) in [4.78, 5) is 11.5. The second-order valence-corrected chi connectivity index (χ2v) is 5.29. The first-order chi connectivity index (χ1) is 10.0. The molecule has 0 bridgehead atoms. The summed E-state index contributed by atoms with van der Waals surface area (Å²) in [6.07, 6.45) is 1.58. The van der Waals surface area contributed by atoms with Crippen molar-refractivity contribution in [3.8, 4) is 5.75 Å². The van der Waals surface area contributed by atoms with E-state index in [1.54, 1.807) is 49.6 Å². The van der Waals surface area contributed by atoms with Crippen molar-refractivity contribution < 1.29 is 14.6 Å². The number of carboxylic acid groups (broad SMARTS) is 1. The Bertz CT molecular complexity index is 693. The van der Waals surface area contributed by atoms with E-state index in [0.717, 1.165) is 4.47 Å². The summed E-state index contributed by atoms with van der Waals surface area (Å²) in [5, 5.41) is 9.44. The highest BCUT2D eigenvalue weighted by Crippen LogP contribution is 2.28. The third kappa shape index (κ3) is 3.64. The molecule has 5 heteroatoms. The zero-order valence-corrected chi connectivity index (χ0v) is 12.9. The number of carbonyl (C=O) groups is 1. The van der Waals surface area contributed by atoms with Crippen molar-refractivity contribution in [2.24, 2.45) is 0 Å². The number of hydrogen-bond donors (Lipinski definition) is 2. The molecule has 2 aromatic carbocycles. The molecule has 2 aromatic rings. The maximum Gasteiger partial charge on any atom is 0.336 e. The van der Waals surface area contributed by atoms with Gasteiger partial charge < -0.3 is 15.6 Å². The SMILES string of the molecule is COc1ccc(Br)cc1/C=C(\C(=O)O)c1ccc(N)cc1. The van der Waals surface area contributed by atoms with Gasteiger partial charge in [0.15, 0.2) is 0 Å². The molecule has 0 amide bonds. The van der Waals surface area contributed by atoms with Gasteiger partial charge in [0.05, 0.1) is 12.7 Å². The summed E-state index contributed by atoms with van der Waals surface area (Å²) in [5.74, 6) is -0.408. The van der Waals surface area contributed by atoms with E-state index in [4.69, 9.17) is 10.5 Å². The van der Waals surface area contributed by atoms with Crippen molar-refractivity contribution in [2.45, 2.75) is 0 Å². The molecule has 0 fully saturated rings. The van der Waals surface area contributed by atoms with E-state index in [1.165, 1.54) is 0 Å². The molecule has 4 nitrogen and oxygen atoms in total. The van der Waals surface area contributed by atoms with Crippen LogP contribution in [0.5, 0.6) is 5.75 Å². The van der Waals surface area contributed by atoms with Gasteiger partial charge in [-0.1, -0.05) is 28.1 Å². The molecule has 0 saturated heterocycles. The molecule has 0 saturated carbocycles. The Labute approximate surface area is 131 Å². The first kappa shape index (κ1) is 15.1. The molecule has 0 atom stereocenters. The molecule has 0 aliphatic carbocycles. The maximum atomic E-state index is 11.5. The van der Waals surface area contributed by atoms with Gasteiger partial charge in [0.1, 0.15) is 5.75 Å². The van der Waals surface area contributed by atoms with Gasteiger partial charge in [0, 0.05) is 15.7 Å². The van der Waals surface area contributed by atoms with Crippen molar-refractivity contribution in [1.29, 1.82) is 0 Å². The highest BCUT2D eigenvalue weighted by atomic mass is 79.9. The molecule has 0 spiro atoms. The van der Waals surface area contributed by atoms with Crippen molar-refractivity contribution in [2.75, 3.05) is 12.8 Å². The number of ether oxygens (including phenoxy) is 1. The fraction of sp³-hybridized carbons (Fsp3) is 0.0625. The number of methoxy groups -OCH3 is 1. The minimum atomic E-state index is -1.01. The number of rotatable bonds is 4. The quantitative estimate of drug-likeness (QED) is 0.502. The maximum absolute atomic E-state index is 11.5. The predicted molar refractivity (Wildman–Crippen MR) is 87.1 cm³/mol. The van der Waals surface area contributed by atoms with Crippen molar-refractivity contribution in [1.82, 2.24) is 0 Å². The number of nitrogen functional groups attached to an aromatic ring is 1. The van der Waals surface area contributed by atoms with Gasteiger partial charge in [-0.25, -0.2) is 4.79 Å². The fourth-order valence-corrected chi connectivity index (χ4v) is 2.28. The smallest absolute Gasteiger partial charge is 0.336 e. The minimum Gasteiger partial charge on any atom is -0.496 e. The number of benzene rings is 2. The Kier molecular flexibility index (Phi) is 4.65. The fourth-order valence-electron chi connectivity index (χ4n) is 1.90. The molecule has 2 rings (SSSR count). The van der Waals surface area contributed by atoms with E-state index in [-0.39, 0.29) is 5.57 Å². The van der Waals surface area contributed by atoms with Crippen molar-refractivity contribution >= 4 is 39.2 Å². The highest BCUT2D eigenvalue weighted by molar-refractivity contribution is 9.10. The number of anilines is 1. The number of aliphatic carboxylic acids is 1. The molecule has 0 aromatic heterocycles. The van der Waals surface area contributed by atoms with Crippen LogP contribution in [0.4, 0.5) is 5.69 Å². The van der Waals surface area contributed by atoms with Gasteiger partial charge in [-0.05, 0) is 42.0 Å². The number of hydrogen-bond acceptors (Lipinski definition) is 3. The van der Waals surface area contributed by atoms with E-state index in [2.05, 4.69) is 15.9 Å². The predicted octanol–water partition coefficient (Wildman–Crippen LogP) is 3.67. The van der Waals surface area contributed by atoms with Crippen LogP contribution < -0.4 is 10.5 Å². The minimum absolute atomic E-state index is 0.173. The Morgan fingerprint density at radius 2 is 1.90 bits per heavy atom. The van der Waals surface area contributed by atoms with Crippen LogP contribution in [0.15, 0.2) is 46.9 Å². The average Bonchev–Trinajstić information content (AvgIpc) is 2.46. The van der Waals surface area contributed by atoms with Crippen LogP contribution in [0.3, 0.4) is 0 Å². The number of carboxylic acids is 1. The lowest BCUT2D eigenvalue weighted by Crippen LogP contribution is -2.00. The summed E-state index contributed by atoms with van der Waals surface area (Å²) in [7, 11) is 1.55. The van der Waals surface area contributed by atoms with E-state index in [1.807, 2.05) is 6.07 Å². The molecule has 3 N–H and O–H groups in total. The van der Waals surface area contributed by atoms with Gasteiger partial charge in [-0.15, -0.1) is 0 Å². The summed E-state index contributed by atoms with van der Waals surface area (Å²) >= 11 is 3.37. The number of nitrogens with two attached hydrogens (primary N) is 1. The summed E-state index contributed by atoms with van der Waals surface area (Å²) in [6, 6.07) is 12.1. The van der Waals surface area contributed by atoms with Crippen LogP contribution in [0.25, 0.3) is 11.6 Å². The van der Waals surface area contributed by atoms with Crippen molar-refractivity contribution in [3.63, 3.8) is 0 Å². The topological polar surface area (TPSA) is 72.5 Å². The van der Waals surface area contributed by atoms with Crippen molar-refractivity contribution in [3.05, 3.63) is 58.1 Å². The zero-order valence-electron chi connectivity index (χ0n) is 11.3. The van der Waals surface area contributed by atoms with E-state index >= 15 is 0 Å². The van der Waals surface area contributed by atoms with Gasteiger partial charge in [-0.3, -0.25) is 0 Å². The van der Waals surface area contributed by atoms with Crippen LogP contribution in [0.2, 0.25) is 0 Å². The van der Waals surface area contributed by atoms with Crippen LogP contribution in [0.1, 0.15) is 11.1 Å². The summed E-state index contributed by atoms with van der Waals surface area (Å²) in [5.41, 5.74) is 7.65. The monoisotopic (exact) mass is 347 g/mol. The lowest BCUT2D eigenvalue weighted by molar-refractivity contribution is -0.130. The normalized spacial score (nSPS) is 11.2. The number of halogens is 1. The zero-order chi connectivity index (χ0) is 15.4. The molecule has 0 unspecified atom stereocenters. The largest absolute Gasteiger partial charge is 0.496 e. The van der Waals surface area contributed by atoms with E-state index in [0.29, 0.717) is 22.6 Å². The molecular weight excluding hydrogens is 334 g/mol. The third-order valence-electron chi connectivity index (χ3n) is 2.94. The Hall–Kier alpha value is -2.27. The Morgan fingerprint density at radius 1 is 1.24 bits per heavy atom. The Balaban J connectivity index is 2.55. The van der Waals surface area contributed by atoms with Gasteiger partial charge in [0.2, 0.25) is 0 Å². The van der Waals surface area contributed by atoms with Gasteiger partial charge in [0.25, 0.3) is 0 Å². The summed E-state index contributed by atoms with van der Waals surface area (Å²) < 4.78 is 6.10. The molecule has 108 valence electrons. The molecule has 0 heterocycles. The first-order valence-corrected chi connectivity index (χ1v) is 6.95. The lowest BCUT2D eigenvalue weighted by atomic mass is 10.0. The summed E-state index contributed by atoms with van der Waals surface area (Å²) in [6.45, 7) is 0. The molecule has 0 aliphatic heterocycles.